The smallest absolute Gasteiger partial charge is 0.306 e. The van der Waals surface area contributed by atoms with Gasteiger partial charge in [-0.15, -0.1) is 0 Å². The molecule has 2 fully saturated rings. The number of aliphatic hydroxyl groups is 1. The molecule has 0 bridgehead atoms. The minimum Gasteiger partial charge on any atom is -0.481 e. The highest BCUT2D eigenvalue weighted by atomic mass is 35.5. The molecule has 38 heavy (non-hydrogen) atoms. The van der Waals surface area contributed by atoms with Crippen LogP contribution in [0.4, 0.5) is 0 Å². The fourth-order valence-electron chi connectivity index (χ4n) is 5.14. The normalized spacial score (nSPS) is 23.3. The summed E-state index contributed by atoms with van der Waals surface area (Å²) in [5, 5.41) is 20.7. The van der Waals surface area contributed by atoms with E-state index in [1.165, 1.54) is 18.7 Å². The van der Waals surface area contributed by atoms with Crippen molar-refractivity contribution in [1.29, 1.82) is 0 Å². The van der Waals surface area contributed by atoms with Gasteiger partial charge in [0.15, 0.2) is 9.84 Å². The molecular formula is C27H31Cl2NO7S. The van der Waals surface area contributed by atoms with Crippen LogP contribution in [-0.4, -0.2) is 64.7 Å². The molecule has 0 radical (unpaired) electrons. The van der Waals surface area contributed by atoms with Crippen molar-refractivity contribution in [2.75, 3.05) is 11.5 Å². The molecular weight excluding hydrogens is 553 g/mol. The molecule has 1 aliphatic carbocycles. The van der Waals surface area contributed by atoms with E-state index in [0.29, 0.717) is 21.2 Å². The maximum absolute atomic E-state index is 13.9. The van der Waals surface area contributed by atoms with Gasteiger partial charge in [0.2, 0.25) is 0 Å². The number of nitrogens with zero attached hydrogens (tertiary/aromatic N) is 1. The van der Waals surface area contributed by atoms with Crippen molar-refractivity contribution in [3.05, 3.63) is 69.7 Å². The quantitative estimate of drug-likeness (QED) is 0.424. The molecule has 2 aromatic rings. The van der Waals surface area contributed by atoms with Crippen molar-refractivity contribution in [1.82, 2.24) is 4.90 Å². The van der Waals surface area contributed by atoms with Crippen molar-refractivity contribution >= 4 is 44.9 Å². The molecule has 2 aromatic carbocycles. The van der Waals surface area contributed by atoms with E-state index in [0.717, 1.165) is 12.8 Å². The number of hydrogen-bond donors (Lipinski definition) is 2. The first-order chi connectivity index (χ1) is 17.7. The predicted molar refractivity (Wildman–Crippen MR) is 144 cm³/mol. The van der Waals surface area contributed by atoms with E-state index in [1.54, 1.807) is 48.5 Å². The van der Waals surface area contributed by atoms with E-state index in [4.69, 9.17) is 27.9 Å². The van der Waals surface area contributed by atoms with Gasteiger partial charge in [0.25, 0.3) is 5.91 Å². The molecule has 1 amide bonds. The van der Waals surface area contributed by atoms with Gasteiger partial charge in [-0.1, -0.05) is 47.5 Å². The van der Waals surface area contributed by atoms with Crippen LogP contribution in [0.3, 0.4) is 0 Å². The number of carbonyl (C=O) groups excluding carboxylic acids is 1. The molecule has 206 valence electrons. The standard InChI is InChI=1S/C27H31Cl2NO7S/c1-27(2,34)15-38(35,36)14-21(16-6-7-16)30-24(17-8-10-19(28)11-9-17)25(18-4-3-5-20(29)12-18)37-22(26(30)33)13-23(31)32/h3-5,8-12,16,21-22,24-25,34H,6-7,13-15H2,1-2H3,(H,31,32). The molecule has 1 saturated carbocycles. The first-order valence-electron chi connectivity index (χ1n) is 12.4. The first kappa shape index (κ1) is 28.8. The molecule has 0 aromatic heterocycles. The molecule has 1 saturated heterocycles. The van der Waals surface area contributed by atoms with Crippen LogP contribution in [0, 0.1) is 5.92 Å². The number of benzene rings is 2. The number of hydrogen-bond acceptors (Lipinski definition) is 6. The van der Waals surface area contributed by atoms with Crippen molar-refractivity contribution in [3.63, 3.8) is 0 Å². The van der Waals surface area contributed by atoms with Crippen LogP contribution in [-0.2, 0) is 24.2 Å². The van der Waals surface area contributed by atoms with E-state index in [2.05, 4.69) is 0 Å². The third-order valence-electron chi connectivity index (χ3n) is 6.70. The van der Waals surface area contributed by atoms with Gasteiger partial charge in [-0.25, -0.2) is 8.42 Å². The Morgan fingerprint density at radius 2 is 1.76 bits per heavy atom. The topological polar surface area (TPSA) is 121 Å². The Balaban J connectivity index is 1.86. The SMILES string of the molecule is CC(C)(O)CS(=O)(=O)CC(C1CC1)N1C(=O)C(CC(=O)O)OC(c2cccc(Cl)c2)C1c1ccc(Cl)cc1. The number of sulfone groups is 1. The van der Waals surface area contributed by atoms with E-state index in [1.807, 2.05) is 0 Å². The maximum Gasteiger partial charge on any atom is 0.306 e. The summed E-state index contributed by atoms with van der Waals surface area (Å²) >= 11 is 12.4. The number of carbonyl (C=O) groups is 2. The fraction of sp³-hybridized carbons (Fsp3) is 0.481. The number of aliphatic carboxylic acids is 1. The lowest BCUT2D eigenvalue weighted by Gasteiger charge is -2.48. The Labute approximate surface area is 232 Å². The zero-order chi connectivity index (χ0) is 27.8. The lowest BCUT2D eigenvalue weighted by Crippen LogP contribution is -2.57. The Hall–Kier alpha value is -2.17. The Bertz CT molecular complexity index is 1290. The monoisotopic (exact) mass is 583 g/mol. The molecule has 1 aliphatic heterocycles. The predicted octanol–water partition coefficient (Wildman–Crippen LogP) is 4.44. The summed E-state index contributed by atoms with van der Waals surface area (Å²) in [6.45, 7) is 2.84. The van der Waals surface area contributed by atoms with Crippen molar-refractivity contribution < 1.29 is 33.0 Å². The summed E-state index contributed by atoms with van der Waals surface area (Å²) < 4.78 is 32.6. The van der Waals surface area contributed by atoms with E-state index in [-0.39, 0.29) is 11.7 Å². The van der Waals surface area contributed by atoms with Crippen LogP contribution in [0.15, 0.2) is 48.5 Å². The third kappa shape index (κ3) is 7.07. The first-order valence-corrected chi connectivity index (χ1v) is 14.9. The van der Waals surface area contributed by atoms with Crippen molar-refractivity contribution in [2.24, 2.45) is 5.92 Å². The van der Waals surface area contributed by atoms with Gasteiger partial charge in [-0.05, 0) is 68.0 Å². The summed E-state index contributed by atoms with van der Waals surface area (Å²) in [6.07, 6.45) is -1.26. The maximum atomic E-state index is 13.9. The molecule has 0 spiro atoms. The molecule has 2 N–H and O–H groups in total. The van der Waals surface area contributed by atoms with Gasteiger partial charge in [0.05, 0.1) is 29.6 Å². The molecule has 1 heterocycles. The highest BCUT2D eigenvalue weighted by Gasteiger charge is 2.51. The number of morpholine rings is 1. The second-order valence-electron chi connectivity index (χ2n) is 10.7. The van der Waals surface area contributed by atoms with E-state index >= 15 is 0 Å². The zero-order valence-electron chi connectivity index (χ0n) is 21.1. The molecule has 8 nitrogen and oxygen atoms in total. The Kier molecular flexibility index (Phi) is 8.45. The molecule has 2 aliphatic rings. The molecule has 4 unspecified atom stereocenters. The van der Waals surface area contributed by atoms with Crippen LogP contribution in [0.1, 0.15) is 56.4 Å². The summed E-state index contributed by atoms with van der Waals surface area (Å²) in [5.41, 5.74) is -0.168. The van der Waals surface area contributed by atoms with Crippen LogP contribution in [0.5, 0.6) is 0 Å². The lowest BCUT2D eigenvalue weighted by molar-refractivity contribution is -0.183. The second kappa shape index (κ2) is 11.1. The largest absolute Gasteiger partial charge is 0.481 e. The number of carboxylic acid groups (broad SMARTS) is 1. The Morgan fingerprint density at radius 3 is 2.32 bits per heavy atom. The van der Waals surface area contributed by atoms with Crippen LogP contribution in [0.2, 0.25) is 10.0 Å². The van der Waals surface area contributed by atoms with Gasteiger partial charge in [-0.2, -0.15) is 0 Å². The van der Waals surface area contributed by atoms with Crippen LogP contribution in [0.25, 0.3) is 0 Å². The molecule has 4 rings (SSSR count). The lowest BCUT2D eigenvalue weighted by atomic mass is 9.89. The van der Waals surface area contributed by atoms with Gasteiger partial charge in [0, 0.05) is 16.1 Å². The summed E-state index contributed by atoms with van der Waals surface area (Å²) in [7, 11) is -3.80. The number of carboxylic acids is 1. The Morgan fingerprint density at radius 1 is 1.11 bits per heavy atom. The number of rotatable bonds is 10. The summed E-state index contributed by atoms with van der Waals surface area (Å²) in [4.78, 5) is 27.2. The average molecular weight is 585 g/mol. The number of ether oxygens (including phenoxy) is 1. The van der Waals surface area contributed by atoms with Crippen molar-refractivity contribution in [2.45, 2.75) is 63.0 Å². The van der Waals surface area contributed by atoms with Gasteiger partial charge >= 0.3 is 5.97 Å². The highest BCUT2D eigenvalue weighted by Crippen LogP contribution is 2.48. The van der Waals surface area contributed by atoms with E-state index < -0.39 is 63.8 Å². The molecule has 4 atom stereocenters. The minimum absolute atomic E-state index is 0.0890. The number of amides is 1. The van der Waals surface area contributed by atoms with E-state index in [9.17, 15) is 28.2 Å². The fourth-order valence-corrected chi connectivity index (χ4v) is 7.62. The minimum atomic E-state index is -3.80. The third-order valence-corrected chi connectivity index (χ3v) is 9.18. The average Bonchev–Trinajstić information content (AvgIpc) is 3.63. The zero-order valence-corrected chi connectivity index (χ0v) is 23.4. The molecule has 11 heteroatoms. The highest BCUT2D eigenvalue weighted by molar-refractivity contribution is 7.91. The summed E-state index contributed by atoms with van der Waals surface area (Å²) in [6, 6.07) is 12.2. The van der Waals surface area contributed by atoms with Crippen molar-refractivity contribution in [3.8, 4) is 0 Å². The van der Waals surface area contributed by atoms with Crippen LogP contribution < -0.4 is 0 Å². The van der Waals surface area contributed by atoms with Gasteiger partial charge < -0.3 is 19.8 Å². The van der Waals surface area contributed by atoms with Gasteiger partial charge in [0.1, 0.15) is 12.2 Å². The number of halogens is 2. The second-order valence-corrected chi connectivity index (χ2v) is 13.7. The van der Waals surface area contributed by atoms with Gasteiger partial charge in [-0.3, -0.25) is 9.59 Å². The van der Waals surface area contributed by atoms with Crippen LogP contribution >= 0.6 is 23.2 Å². The summed E-state index contributed by atoms with van der Waals surface area (Å²) in [5.74, 6) is -2.71.